The lowest BCUT2D eigenvalue weighted by Crippen LogP contribution is -2.28. The summed E-state index contributed by atoms with van der Waals surface area (Å²) >= 11 is 1.82. The van der Waals surface area contributed by atoms with Gasteiger partial charge in [0.05, 0.1) is 0 Å². The van der Waals surface area contributed by atoms with E-state index in [9.17, 15) is 4.79 Å². The van der Waals surface area contributed by atoms with Gasteiger partial charge in [-0.2, -0.15) is 0 Å². The molecule has 0 saturated heterocycles. The van der Waals surface area contributed by atoms with E-state index in [0.717, 1.165) is 31.6 Å². The molecule has 1 aromatic rings. The molecule has 0 spiro atoms. The Labute approximate surface area is 121 Å². The molecule has 1 N–H and O–H groups in total. The molecule has 0 fully saturated rings. The summed E-state index contributed by atoms with van der Waals surface area (Å²) in [6.07, 6.45) is 3.86. The van der Waals surface area contributed by atoms with Crippen LogP contribution in [-0.2, 0) is 4.79 Å². The minimum Gasteiger partial charge on any atom is -0.356 e. The standard InChI is InChI=1S/C16H25NOS/c1-3-14(4-2)13-17-16(18)11-8-12-19-15-9-6-5-7-10-15/h5-7,9-10,14H,3-4,8,11-13H2,1-2H3,(H,17,18). The van der Waals surface area contributed by atoms with Gasteiger partial charge >= 0.3 is 0 Å². The molecule has 0 atom stereocenters. The Morgan fingerprint density at radius 1 is 1.21 bits per heavy atom. The van der Waals surface area contributed by atoms with Gasteiger partial charge in [-0.3, -0.25) is 4.79 Å². The monoisotopic (exact) mass is 279 g/mol. The second-order valence-electron chi connectivity index (χ2n) is 4.75. The van der Waals surface area contributed by atoms with Crippen molar-refractivity contribution in [2.45, 2.75) is 44.4 Å². The third-order valence-electron chi connectivity index (χ3n) is 3.30. The maximum Gasteiger partial charge on any atom is 0.220 e. The Bertz CT molecular complexity index is 349. The van der Waals surface area contributed by atoms with E-state index in [1.807, 2.05) is 30.0 Å². The molecule has 106 valence electrons. The molecule has 0 aliphatic carbocycles. The Kier molecular flexibility index (Phi) is 8.39. The predicted molar refractivity (Wildman–Crippen MR) is 83.5 cm³/mol. The highest BCUT2D eigenvalue weighted by Crippen LogP contribution is 2.18. The van der Waals surface area contributed by atoms with Crippen LogP contribution < -0.4 is 5.32 Å². The van der Waals surface area contributed by atoms with Crippen LogP contribution in [0.25, 0.3) is 0 Å². The summed E-state index contributed by atoms with van der Waals surface area (Å²) in [6, 6.07) is 10.3. The molecule has 0 radical (unpaired) electrons. The largest absolute Gasteiger partial charge is 0.356 e. The van der Waals surface area contributed by atoms with Crippen molar-refractivity contribution in [3.05, 3.63) is 30.3 Å². The molecule has 2 nitrogen and oxygen atoms in total. The second kappa shape index (κ2) is 9.90. The van der Waals surface area contributed by atoms with E-state index < -0.39 is 0 Å². The normalized spacial score (nSPS) is 10.7. The van der Waals surface area contributed by atoms with E-state index in [2.05, 4.69) is 31.3 Å². The molecule has 0 heterocycles. The summed E-state index contributed by atoms with van der Waals surface area (Å²) < 4.78 is 0. The average molecular weight is 279 g/mol. The molecule has 1 amide bonds. The second-order valence-corrected chi connectivity index (χ2v) is 5.92. The van der Waals surface area contributed by atoms with Crippen LogP contribution in [0, 0.1) is 5.92 Å². The maximum atomic E-state index is 11.7. The number of carbonyl (C=O) groups excluding carboxylic acids is 1. The van der Waals surface area contributed by atoms with Crippen molar-refractivity contribution in [3.8, 4) is 0 Å². The Morgan fingerprint density at radius 3 is 2.53 bits per heavy atom. The first-order valence-electron chi connectivity index (χ1n) is 7.20. The fourth-order valence-electron chi connectivity index (χ4n) is 1.86. The lowest BCUT2D eigenvalue weighted by Gasteiger charge is -2.13. The number of rotatable bonds is 9. The summed E-state index contributed by atoms with van der Waals surface area (Å²) in [5.41, 5.74) is 0. The first-order chi connectivity index (χ1) is 9.26. The molecular formula is C16H25NOS. The van der Waals surface area contributed by atoms with Gasteiger partial charge in [0.15, 0.2) is 0 Å². The third-order valence-corrected chi connectivity index (χ3v) is 4.40. The molecular weight excluding hydrogens is 254 g/mol. The summed E-state index contributed by atoms with van der Waals surface area (Å²) in [5.74, 6) is 1.82. The number of thioether (sulfide) groups is 1. The van der Waals surface area contributed by atoms with Crippen molar-refractivity contribution >= 4 is 17.7 Å². The van der Waals surface area contributed by atoms with Crippen LogP contribution in [-0.4, -0.2) is 18.2 Å². The van der Waals surface area contributed by atoms with Crippen LogP contribution in [0.4, 0.5) is 0 Å². The van der Waals surface area contributed by atoms with E-state index in [1.54, 1.807) is 0 Å². The van der Waals surface area contributed by atoms with Gasteiger partial charge in [0.1, 0.15) is 0 Å². The molecule has 0 saturated carbocycles. The highest BCUT2D eigenvalue weighted by molar-refractivity contribution is 7.99. The van der Waals surface area contributed by atoms with E-state index in [0.29, 0.717) is 12.3 Å². The fourth-order valence-corrected chi connectivity index (χ4v) is 2.74. The quantitative estimate of drug-likeness (QED) is 0.544. The first kappa shape index (κ1) is 16.1. The van der Waals surface area contributed by atoms with Crippen LogP contribution >= 0.6 is 11.8 Å². The van der Waals surface area contributed by atoms with Gasteiger partial charge in [-0.05, 0) is 30.2 Å². The van der Waals surface area contributed by atoms with Crippen molar-refractivity contribution in [1.29, 1.82) is 0 Å². The van der Waals surface area contributed by atoms with Crippen molar-refractivity contribution in [2.75, 3.05) is 12.3 Å². The van der Waals surface area contributed by atoms with Crippen molar-refractivity contribution in [2.24, 2.45) is 5.92 Å². The summed E-state index contributed by atoms with van der Waals surface area (Å²) in [6.45, 7) is 5.19. The van der Waals surface area contributed by atoms with Gasteiger partial charge in [-0.15, -0.1) is 11.8 Å². The smallest absolute Gasteiger partial charge is 0.220 e. The van der Waals surface area contributed by atoms with Crippen molar-refractivity contribution < 1.29 is 4.79 Å². The molecule has 0 aliphatic heterocycles. The molecule has 0 bridgehead atoms. The van der Waals surface area contributed by atoms with Crippen LogP contribution in [0.15, 0.2) is 35.2 Å². The van der Waals surface area contributed by atoms with Gasteiger partial charge in [-0.1, -0.05) is 44.9 Å². The summed E-state index contributed by atoms with van der Waals surface area (Å²) in [5, 5.41) is 3.04. The van der Waals surface area contributed by atoms with Gasteiger partial charge in [0.2, 0.25) is 5.91 Å². The van der Waals surface area contributed by atoms with E-state index >= 15 is 0 Å². The number of carbonyl (C=O) groups is 1. The maximum absolute atomic E-state index is 11.7. The van der Waals surface area contributed by atoms with Gasteiger partial charge in [-0.25, -0.2) is 0 Å². The highest BCUT2D eigenvalue weighted by Gasteiger charge is 2.06. The molecule has 0 aromatic heterocycles. The van der Waals surface area contributed by atoms with Crippen molar-refractivity contribution in [3.63, 3.8) is 0 Å². The van der Waals surface area contributed by atoms with Gasteiger partial charge in [0, 0.05) is 17.9 Å². The number of hydrogen-bond donors (Lipinski definition) is 1. The molecule has 19 heavy (non-hydrogen) atoms. The van der Waals surface area contributed by atoms with Crippen LogP contribution in [0.2, 0.25) is 0 Å². The predicted octanol–water partition coefficient (Wildman–Crippen LogP) is 4.11. The molecule has 0 aliphatic rings. The van der Waals surface area contributed by atoms with E-state index in [4.69, 9.17) is 0 Å². The topological polar surface area (TPSA) is 29.1 Å². The zero-order valence-electron chi connectivity index (χ0n) is 12.0. The third kappa shape index (κ3) is 7.26. The summed E-state index contributed by atoms with van der Waals surface area (Å²) in [7, 11) is 0. The van der Waals surface area contributed by atoms with Crippen LogP contribution in [0.1, 0.15) is 39.5 Å². The first-order valence-corrected chi connectivity index (χ1v) is 8.19. The minimum absolute atomic E-state index is 0.195. The Balaban J connectivity index is 2.07. The van der Waals surface area contributed by atoms with E-state index in [-0.39, 0.29) is 5.91 Å². The molecule has 3 heteroatoms. The van der Waals surface area contributed by atoms with Crippen LogP contribution in [0.5, 0.6) is 0 Å². The summed E-state index contributed by atoms with van der Waals surface area (Å²) in [4.78, 5) is 12.9. The number of benzene rings is 1. The zero-order chi connectivity index (χ0) is 13.9. The lowest BCUT2D eigenvalue weighted by atomic mass is 10.0. The van der Waals surface area contributed by atoms with Gasteiger partial charge < -0.3 is 5.32 Å². The van der Waals surface area contributed by atoms with Crippen molar-refractivity contribution in [1.82, 2.24) is 5.32 Å². The minimum atomic E-state index is 0.195. The zero-order valence-corrected chi connectivity index (χ0v) is 12.8. The molecule has 0 unspecified atom stereocenters. The molecule has 1 rings (SSSR count). The average Bonchev–Trinajstić information content (AvgIpc) is 2.46. The SMILES string of the molecule is CCC(CC)CNC(=O)CCCSc1ccccc1. The lowest BCUT2D eigenvalue weighted by molar-refractivity contribution is -0.121. The fraction of sp³-hybridized carbons (Fsp3) is 0.562. The Morgan fingerprint density at radius 2 is 1.89 bits per heavy atom. The highest BCUT2D eigenvalue weighted by atomic mass is 32.2. The van der Waals surface area contributed by atoms with Crippen LogP contribution in [0.3, 0.4) is 0 Å². The van der Waals surface area contributed by atoms with E-state index in [1.165, 1.54) is 4.90 Å². The van der Waals surface area contributed by atoms with Gasteiger partial charge in [0.25, 0.3) is 0 Å². The number of amides is 1. The number of hydrogen-bond acceptors (Lipinski definition) is 2. The molecule has 1 aromatic carbocycles. The Hall–Kier alpha value is -0.960. The number of nitrogens with one attached hydrogen (secondary N) is 1.